The molecule has 2 aromatic rings. The number of hydrogen-bond donors (Lipinski definition) is 1. The molecule has 1 N–H and O–H groups in total. The van der Waals surface area contributed by atoms with Crippen LogP contribution in [0.5, 0.6) is 5.75 Å². The molecule has 3 nitrogen and oxygen atoms in total. The number of carbonyl (C=O) groups is 1. The summed E-state index contributed by atoms with van der Waals surface area (Å²) in [4.78, 5) is 13.5. The minimum Gasteiger partial charge on any atom is -0.492 e. The number of hydrogen-bond acceptors (Lipinski definition) is 3. The summed E-state index contributed by atoms with van der Waals surface area (Å²) in [6.45, 7) is 2.87. The molecule has 30 heavy (non-hydrogen) atoms. The zero-order chi connectivity index (χ0) is 21.8. The van der Waals surface area contributed by atoms with Gasteiger partial charge < -0.3 is 10.1 Å². The highest BCUT2D eigenvalue weighted by Crippen LogP contribution is 2.24. The molecule has 7 heteroatoms. The van der Waals surface area contributed by atoms with Crippen molar-refractivity contribution in [1.29, 1.82) is 0 Å². The summed E-state index contributed by atoms with van der Waals surface area (Å²) in [6, 6.07) is 17.7. The summed E-state index contributed by atoms with van der Waals surface area (Å²) >= 11 is 21.0. The fraction of sp³-hybridized carbons (Fsp3) is 0.435. The first-order chi connectivity index (χ1) is 14.5. The second kappa shape index (κ2) is 14.1. The lowest BCUT2D eigenvalue weighted by Gasteiger charge is -2.21. The number of rotatable bonds is 13. The Labute approximate surface area is 198 Å². The van der Waals surface area contributed by atoms with E-state index in [9.17, 15) is 4.79 Å². The molecule has 0 heterocycles. The van der Waals surface area contributed by atoms with Crippen molar-refractivity contribution < 1.29 is 9.53 Å². The summed E-state index contributed by atoms with van der Waals surface area (Å²) in [6.07, 6.45) is 2.95. The van der Waals surface area contributed by atoms with Crippen molar-refractivity contribution in [3.8, 4) is 5.75 Å². The Kier molecular flexibility index (Phi) is 11.8. The van der Waals surface area contributed by atoms with Crippen molar-refractivity contribution in [2.45, 2.75) is 47.2 Å². The standard InChI is InChI=1S/C23H28Cl3NO2S/c1-2-3-15-30-19-11-9-17(10-12-19)16-20(24)21(25)22(26)23(28)27-13-14-29-18-7-5-4-6-8-18/h4-12,20-22H,2-3,13-16H2,1H3,(H,27,28). The molecule has 0 bridgehead atoms. The van der Waals surface area contributed by atoms with Gasteiger partial charge >= 0.3 is 0 Å². The number of amides is 1. The van der Waals surface area contributed by atoms with E-state index in [0.29, 0.717) is 19.6 Å². The maximum atomic E-state index is 12.3. The Bertz CT molecular complexity index is 746. The van der Waals surface area contributed by atoms with E-state index >= 15 is 0 Å². The van der Waals surface area contributed by atoms with Crippen LogP contribution in [0.25, 0.3) is 0 Å². The fourth-order valence-electron chi connectivity index (χ4n) is 2.68. The van der Waals surface area contributed by atoms with Crippen molar-refractivity contribution in [3.63, 3.8) is 0 Å². The summed E-state index contributed by atoms with van der Waals surface area (Å²) in [7, 11) is 0. The number of thioether (sulfide) groups is 1. The van der Waals surface area contributed by atoms with Crippen LogP contribution in [0, 0.1) is 0 Å². The first-order valence-corrected chi connectivity index (χ1v) is 12.4. The molecule has 3 atom stereocenters. The van der Waals surface area contributed by atoms with Gasteiger partial charge in [-0.3, -0.25) is 4.79 Å². The largest absolute Gasteiger partial charge is 0.492 e. The summed E-state index contributed by atoms with van der Waals surface area (Å²) in [5, 5.41) is 0.669. The normalized spacial score (nSPS) is 14.0. The lowest BCUT2D eigenvalue weighted by atomic mass is 10.1. The van der Waals surface area contributed by atoms with Gasteiger partial charge in [0.05, 0.1) is 17.3 Å². The molecule has 0 aromatic heterocycles. The third-order valence-corrected chi connectivity index (χ3v) is 7.22. The van der Waals surface area contributed by atoms with Gasteiger partial charge in [-0.1, -0.05) is 43.7 Å². The molecule has 0 radical (unpaired) electrons. The van der Waals surface area contributed by atoms with Crippen LogP contribution in [-0.2, 0) is 11.2 Å². The number of unbranched alkanes of at least 4 members (excludes halogenated alkanes) is 1. The van der Waals surface area contributed by atoms with Crippen LogP contribution in [0.1, 0.15) is 25.3 Å². The van der Waals surface area contributed by atoms with Crippen molar-refractivity contribution in [3.05, 3.63) is 60.2 Å². The van der Waals surface area contributed by atoms with Gasteiger partial charge in [-0.05, 0) is 48.4 Å². The van der Waals surface area contributed by atoms with Crippen LogP contribution in [0.2, 0.25) is 0 Å². The molecule has 164 valence electrons. The quantitative estimate of drug-likeness (QED) is 0.209. The van der Waals surface area contributed by atoms with Crippen molar-refractivity contribution in [1.82, 2.24) is 5.32 Å². The Morgan fingerprint density at radius 3 is 2.43 bits per heavy atom. The fourth-order valence-corrected chi connectivity index (χ4v) is 4.53. The summed E-state index contributed by atoms with van der Waals surface area (Å²) in [5.41, 5.74) is 1.07. The van der Waals surface area contributed by atoms with Gasteiger partial charge in [0.1, 0.15) is 17.7 Å². The van der Waals surface area contributed by atoms with Crippen LogP contribution in [-0.4, -0.2) is 40.9 Å². The third kappa shape index (κ3) is 8.97. The van der Waals surface area contributed by atoms with Crippen LogP contribution in [0.4, 0.5) is 0 Å². The molecule has 0 spiro atoms. The minimum absolute atomic E-state index is 0.338. The van der Waals surface area contributed by atoms with Gasteiger partial charge in [-0.25, -0.2) is 0 Å². The molecule has 3 unspecified atom stereocenters. The molecule has 0 aliphatic rings. The van der Waals surface area contributed by atoms with E-state index in [1.165, 1.54) is 17.7 Å². The van der Waals surface area contributed by atoms with Crippen LogP contribution in [0.3, 0.4) is 0 Å². The zero-order valence-electron chi connectivity index (χ0n) is 17.0. The van der Waals surface area contributed by atoms with E-state index in [2.05, 4.69) is 36.5 Å². The van der Waals surface area contributed by atoms with E-state index in [4.69, 9.17) is 39.5 Å². The SMILES string of the molecule is CCCCSc1ccc(CC(Cl)C(Cl)C(Cl)C(=O)NCCOc2ccccc2)cc1. The second-order valence-electron chi connectivity index (χ2n) is 6.86. The average molecular weight is 489 g/mol. The molecule has 0 saturated carbocycles. The molecular weight excluding hydrogens is 461 g/mol. The van der Waals surface area contributed by atoms with E-state index in [1.54, 1.807) is 0 Å². The summed E-state index contributed by atoms with van der Waals surface area (Å²) in [5.74, 6) is 1.53. The molecule has 2 aromatic carbocycles. The van der Waals surface area contributed by atoms with E-state index in [1.807, 2.05) is 42.1 Å². The molecule has 0 fully saturated rings. The van der Waals surface area contributed by atoms with Gasteiger partial charge in [0.2, 0.25) is 5.91 Å². The number of carbonyl (C=O) groups excluding carboxylic acids is 1. The highest BCUT2D eigenvalue weighted by molar-refractivity contribution is 7.99. The van der Waals surface area contributed by atoms with Crippen molar-refractivity contribution in [2.24, 2.45) is 0 Å². The second-order valence-corrected chi connectivity index (χ2v) is 9.57. The monoisotopic (exact) mass is 487 g/mol. The number of para-hydroxylation sites is 1. The molecular formula is C23H28Cl3NO2S. The smallest absolute Gasteiger partial charge is 0.239 e. The van der Waals surface area contributed by atoms with Crippen LogP contribution < -0.4 is 10.1 Å². The third-order valence-electron chi connectivity index (χ3n) is 4.41. The van der Waals surface area contributed by atoms with E-state index in [-0.39, 0.29) is 5.91 Å². The van der Waals surface area contributed by atoms with Crippen LogP contribution in [0.15, 0.2) is 59.5 Å². The van der Waals surface area contributed by atoms with Gasteiger partial charge in [0.15, 0.2) is 0 Å². The van der Waals surface area contributed by atoms with Gasteiger partial charge in [-0.15, -0.1) is 46.6 Å². The zero-order valence-corrected chi connectivity index (χ0v) is 20.1. The molecule has 1 amide bonds. The topological polar surface area (TPSA) is 38.3 Å². The Morgan fingerprint density at radius 2 is 1.77 bits per heavy atom. The molecule has 0 aliphatic carbocycles. The average Bonchev–Trinajstić information content (AvgIpc) is 2.77. The van der Waals surface area contributed by atoms with Crippen LogP contribution >= 0.6 is 46.6 Å². The maximum absolute atomic E-state index is 12.3. The highest BCUT2D eigenvalue weighted by Gasteiger charge is 2.30. The number of alkyl halides is 3. The number of benzene rings is 2. The minimum atomic E-state index is -0.922. The van der Waals surface area contributed by atoms with Gasteiger partial charge in [0.25, 0.3) is 0 Å². The highest BCUT2D eigenvalue weighted by atomic mass is 35.5. The number of halogens is 3. The first kappa shape index (κ1) is 25.2. The van der Waals surface area contributed by atoms with E-state index < -0.39 is 16.1 Å². The number of nitrogens with one attached hydrogen (secondary N) is 1. The molecule has 2 rings (SSSR count). The van der Waals surface area contributed by atoms with Gasteiger partial charge in [-0.2, -0.15) is 0 Å². The van der Waals surface area contributed by atoms with Crippen molar-refractivity contribution >= 4 is 52.5 Å². The first-order valence-electron chi connectivity index (χ1n) is 10.1. The van der Waals surface area contributed by atoms with Crippen molar-refractivity contribution in [2.75, 3.05) is 18.9 Å². The lowest BCUT2D eigenvalue weighted by Crippen LogP contribution is -2.41. The Balaban J connectivity index is 1.72. The lowest BCUT2D eigenvalue weighted by molar-refractivity contribution is -0.120. The maximum Gasteiger partial charge on any atom is 0.239 e. The molecule has 0 saturated heterocycles. The number of ether oxygens (including phenoxy) is 1. The Morgan fingerprint density at radius 1 is 1.07 bits per heavy atom. The Hall–Kier alpha value is -1.07. The van der Waals surface area contributed by atoms with Gasteiger partial charge in [0, 0.05) is 4.90 Å². The molecule has 0 aliphatic heterocycles. The predicted molar refractivity (Wildman–Crippen MR) is 130 cm³/mol. The van der Waals surface area contributed by atoms with E-state index in [0.717, 1.165) is 17.1 Å². The summed E-state index contributed by atoms with van der Waals surface area (Å²) < 4.78 is 5.54. The predicted octanol–water partition coefficient (Wildman–Crippen LogP) is 6.14.